The molecule has 29 heavy (non-hydrogen) atoms. The first-order valence-electron chi connectivity index (χ1n) is 9.08. The third-order valence-corrected chi connectivity index (χ3v) is 4.43. The highest BCUT2D eigenvalue weighted by Crippen LogP contribution is 2.20. The van der Waals surface area contributed by atoms with E-state index in [1.165, 1.54) is 0 Å². The van der Waals surface area contributed by atoms with E-state index in [-0.39, 0.29) is 12.5 Å². The van der Waals surface area contributed by atoms with Crippen LogP contribution in [0.3, 0.4) is 0 Å². The fraction of sp³-hybridized carbons (Fsp3) is 0.130. The van der Waals surface area contributed by atoms with Crippen LogP contribution in [0.15, 0.2) is 77.9 Å². The molecule has 0 radical (unpaired) electrons. The fourth-order valence-corrected chi connectivity index (χ4v) is 2.61. The number of rotatable bonds is 8. The number of hydrogen-bond acceptors (Lipinski definition) is 4. The van der Waals surface area contributed by atoms with Gasteiger partial charge in [-0.1, -0.05) is 54.1 Å². The first kappa shape index (κ1) is 20.4. The normalized spacial score (nSPS) is 10.7. The van der Waals surface area contributed by atoms with Gasteiger partial charge in [0, 0.05) is 5.02 Å². The zero-order chi connectivity index (χ0) is 20.5. The SMILES string of the molecule is Cc1cc(OCC(=O)N/N=C/c2cccc(OCc3ccccc3)c2)ccc1Cl. The van der Waals surface area contributed by atoms with E-state index in [0.29, 0.717) is 17.4 Å². The zero-order valence-electron chi connectivity index (χ0n) is 16.0. The molecule has 0 bridgehead atoms. The molecule has 1 N–H and O–H groups in total. The molecule has 0 aromatic heterocycles. The Bertz CT molecular complexity index is 990. The molecular formula is C23H21ClN2O3. The maximum absolute atomic E-state index is 11.9. The number of hydrogen-bond donors (Lipinski definition) is 1. The van der Waals surface area contributed by atoms with Gasteiger partial charge >= 0.3 is 0 Å². The van der Waals surface area contributed by atoms with Crippen molar-refractivity contribution in [2.24, 2.45) is 5.10 Å². The molecule has 0 atom stereocenters. The van der Waals surface area contributed by atoms with Crippen LogP contribution in [0, 0.1) is 6.92 Å². The number of amides is 1. The van der Waals surface area contributed by atoms with Crippen molar-refractivity contribution in [1.29, 1.82) is 0 Å². The third kappa shape index (κ3) is 6.66. The van der Waals surface area contributed by atoms with Crippen molar-refractivity contribution < 1.29 is 14.3 Å². The van der Waals surface area contributed by atoms with Crippen molar-refractivity contribution in [3.8, 4) is 11.5 Å². The number of benzene rings is 3. The van der Waals surface area contributed by atoms with E-state index in [1.807, 2.05) is 61.5 Å². The van der Waals surface area contributed by atoms with Gasteiger partial charge in [0.2, 0.25) is 0 Å². The Labute approximate surface area is 174 Å². The first-order valence-corrected chi connectivity index (χ1v) is 9.45. The molecular weight excluding hydrogens is 388 g/mol. The lowest BCUT2D eigenvalue weighted by Gasteiger charge is -2.07. The van der Waals surface area contributed by atoms with E-state index in [2.05, 4.69) is 10.5 Å². The summed E-state index contributed by atoms with van der Waals surface area (Å²) in [5, 5.41) is 4.62. The molecule has 0 saturated carbocycles. The highest BCUT2D eigenvalue weighted by molar-refractivity contribution is 6.31. The second-order valence-corrected chi connectivity index (χ2v) is 6.75. The minimum absolute atomic E-state index is 0.140. The summed E-state index contributed by atoms with van der Waals surface area (Å²) in [5.74, 6) is 0.949. The molecule has 0 unspecified atom stereocenters. The Balaban J connectivity index is 1.46. The molecule has 3 aromatic rings. The summed E-state index contributed by atoms with van der Waals surface area (Å²) in [7, 11) is 0. The second-order valence-electron chi connectivity index (χ2n) is 6.34. The molecule has 0 spiro atoms. The third-order valence-electron chi connectivity index (χ3n) is 4.01. The summed E-state index contributed by atoms with van der Waals surface area (Å²) in [4.78, 5) is 11.9. The van der Waals surface area contributed by atoms with Gasteiger partial charge in [0.05, 0.1) is 6.21 Å². The van der Waals surface area contributed by atoms with Gasteiger partial charge in [-0.3, -0.25) is 4.79 Å². The van der Waals surface area contributed by atoms with E-state index in [4.69, 9.17) is 21.1 Å². The minimum Gasteiger partial charge on any atom is -0.489 e. The number of carbonyl (C=O) groups is 1. The first-order chi connectivity index (χ1) is 14.1. The summed E-state index contributed by atoms with van der Waals surface area (Å²) in [6, 6.07) is 22.6. The topological polar surface area (TPSA) is 59.9 Å². The Morgan fingerprint density at radius 3 is 2.59 bits per heavy atom. The molecule has 148 valence electrons. The van der Waals surface area contributed by atoms with Crippen LogP contribution >= 0.6 is 11.6 Å². The van der Waals surface area contributed by atoms with E-state index in [1.54, 1.807) is 24.4 Å². The molecule has 0 heterocycles. The molecule has 0 fully saturated rings. The summed E-state index contributed by atoms with van der Waals surface area (Å²) in [6.45, 7) is 2.22. The average molecular weight is 409 g/mol. The maximum atomic E-state index is 11.9. The van der Waals surface area contributed by atoms with Gasteiger partial charge in [0.1, 0.15) is 18.1 Å². The Hall–Kier alpha value is -3.31. The average Bonchev–Trinajstić information content (AvgIpc) is 2.74. The summed E-state index contributed by atoms with van der Waals surface area (Å²) >= 11 is 5.97. The molecule has 0 saturated heterocycles. The molecule has 1 amide bonds. The summed E-state index contributed by atoms with van der Waals surface area (Å²) in [5.41, 5.74) is 5.23. The number of hydrazone groups is 1. The Morgan fingerprint density at radius 2 is 1.79 bits per heavy atom. The van der Waals surface area contributed by atoms with E-state index < -0.39 is 0 Å². The van der Waals surface area contributed by atoms with Crippen LogP contribution in [0.2, 0.25) is 5.02 Å². The molecule has 0 aliphatic rings. The highest BCUT2D eigenvalue weighted by atomic mass is 35.5. The van der Waals surface area contributed by atoms with Gasteiger partial charge in [-0.2, -0.15) is 5.10 Å². The van der Waals surface area contributed by atoms with Crippen molar-refractivity contribution in [3.05, 3.63) is 94.5 Å². The predicted octanol–water partition coefficient (Wildman–Crippen LogP) is 4.76. The van der Waals surface area contributed by atoms with Crippen LogP contribution < -0.4 is 14.9 Å². The van der Waals surface area contributed by atoms with Crippen LogP contribution in [0.5, 0.6) is 11.5 Å². The standard InChI is InChI=1S/C23H21ClN2O3/c1-17-12-21(10-11-22(17)24)29-16-23(27)26-25-14-19-8-5-9-20(13-19)28-15-18-6-3-2-4-7-18/h2-14H,15-16H2,1H3,(H,26,27)/b25-14+. The molecule has 5 nitrogen and oxygen atoms in total. The van der Waals surface area contributed by atoms with Crippen molar-refractivity contribution >= 4 is 23.7 Å². The number of carbonyl (C=O) groups excluding carboxylic acids is 1. The molecule has 0 aliphatic heterocycles. The van der Waals surface area contributed by atoms with E-state index in [0.717, 1.165) is 22.4 Å². The van der Waals surface area contributed by atoms with Crippen LogP contribution in [0.1, 0.15) is 16.7 Å². The van der Waals surface area contributed by atoms with Crippen LogP contribution in [-0.2, 0) is 11.4 Å². The van der Waals surface area contributed by atoms with E-state index >= 15 is 0 Å². The van der Waals surface area contributed by atoms with Crippen molar-refractivity contribution in [2.75, 3.05) is 6.61 Å². The van der Waals surface area contributed by atoms with Gasteiger partial charge in [-0.15, -0.1) is 0 Å². The number of nitrogens with one attached hydrogen (secondary N) is 1. The van der Waals surface area contributed by atoms with Gasteiger partial charge in [0.25, 0.3) is 5.91 Å². The quantitative estimate of drug-likeness (QED) is 0.432. The van der Waals surface area contributed by atoms with E-state index in [9.17, 15) is 4.79 Å². The Morgan fingerprint density at radius 1 is 1.00 bits per heavy atom. The van der Waals surface area contributed by atoms with Crippen molar-refractivity contribution in [3.63, 3.8) is 0 Å². The van der Waals surface area contributed by atoms with Gasteiger partial charge in [-0.25, -0.2) is 5.43 Å². The predicted molar refractivity (Wildman–Crippen MR) is 115 cm³/mol. The van der Waals surface area contributed by atoms with Crippen LogP contribution in [0.25, 0.3) is 0 Å². The van der Waals surface area contributed by atoms with Gasteiger partial charge < -0.3 is 9.47 Å². The van der Waals surface area contributed by atoms with Crippen LogP contribution in [-0.4, -0.2) is 18.7 Å². The lowest BCUT2D eigenvalue weighted by molar-refractivity contribution is -0.123. The largest absolute Gasteiger partial charge is 0.489 e. The smallest absolute Gasteiger partial charge is 0.277 e. The number of nitrogens with zero attached hydrogens (tertiary/aromatic N) is 1. The van der Waals surface area contributed by atoms with Gasteiger partial charge in [0.15, 0.2) is 6.61 Å². The van der Waals surface area contributed by atoms with Crippen molar-refractivity contribution in [2.45, 2.75) is 13.5 Å². The monoisotopic (exact) mass is 408 g/mol. The molecule has 0 aliphatic carbocycles. The minimum atomic E-state index is -0.356. The number of aryl methyl sites for hydroxylation is 1. The molecule has 6 heteroatoms. The highest BCUT2D eigenvalue weighted by Gasteiger charge is 2.03. The lowest BCUT2D eigenvalue weighted by Crippen LogP contribution is -2.24. The van der Waals surface area contributed by atoms with Gasteiger partial charge in [-0.05, 0) is 53.9 Å². The lowest BCUT2D eigenvalue weighted by atomic mass is 10.2. The zero-order valence-corrected chi connectivity index (χ0v) is 16.7. The van der Waals surface area contributed by atoms with Crippen molar-refractivity contribution in [1.82, 2.24) is 5.43 Å². The molecule has 3 rings (SSSR count). The molecule has 3 aromatic carbocycles. The number of ether oxygens (including phenoxy) is 2. The number of halogens is 1. The second kappa shape index (κ2) is 10.3. The summed E-state index contributed by atoms with van der Waals surface area (Å²) in [6.07, 6.45) is 1.56. The summed E-state index contributed by atoms with van der Waals surface area (Å²) < 4.78 is 11.2. The Kier molecular flexibility index (Phi) is 7.25. The maximum Gasteiger partial charge on any atom is 0.277 e. The fourth-order valence-electron chi connectivity index (χ4n) is 2.49. The van der Waals surface area contributed by atoms with Crippen LogP contribution in [0.4, 0.5) is 0 Å².